The number of carbonyl (C=O) groups is 1. The number of likely N-dealkylation sites (N-methyl/N-ethyl adjacent to an activating group) is 1. The van der Waals surface area contributed by atoms with Crippen LogP contribution in [-0.2, 0) is 4.79 Å². The van der Waals surface area contributed by atoms with Gasteiger partial charge in [-0.15, -0.1) is 24.8 Å². The van der Waals surface area contributed by atoms with E-state index in [4.69, 9.17) is 0 Å². The Bertz CT molecular complexity index is 267. The maximum atomic E-state index is 11.9. The molecule has 1 aliphatic carbocycles. The third-order valence-corrected chi connectivity index (χ3v) is 4.34. The first-order valence-corrected chi connectivity index (χ1v) is 7.48. The minimum atomic E-state index is 0. The van der Waals surface area contributed by atoms with Gasteiger partial charge in [0.05, 0.1) is 6.04 Å². The van der Waals surface area contributed by atoms with Crippen LogP contribution in [0.1, 0.15) is 44.9 Å². The Morgan fingerprint density at radius 3 is 2.40 bits per heavy atom. The van der Waals surface area contributed by atoms with Gasteiger partial charge in [-0.05, 0) is 39.3 Å². The highest BCUT2D eigenvalue weighted by atomic mass is 35.5. The summed E-state index contributed by atoms with van der Waals surface area (Å²) < 4.78 is 0. The number of piperidine rings is 1. The Balaban J connectivity index is 0.00000180. The summed E-state index contributed by atoms with van der Waals surface area (Å²) in [5.74, 6) is 0.189. The predicted molar refractivity (Wildman–Crippen MR) is 88.0 cm³/mol. The molecule has 0 aromatic carbocycles. The van der Waals surface area contributed by atoms with Crippen molar-refractivity contribution in [1.29, 1.82) is 0 Å². The summed E-state index contributed by atoms with van der Waals surface area (Å²) in [6.07, 6.45) is 8.76. The summed E-state index contributed by atoms with van der Waals surface area (Å²) in [5.41, 5.74) is 0. The molecular formula is C14H29Cl2N3O. The zero-order chi connectivity index (χ0) is 12.8. The van der Waals surface area contributed by atoms with E-state index in [0.717, 1.165) is 32.1 Å². The van der Waals surface area contributed by atoms with Crippen molar-refractivity contribution in [2.24, 2.45) is 0 Å². The molecule has 1 saturated heterocycles. The Morgan fingerprint density at radius 1 is 1.15 bits per heavy atom. The quantitative estimate of drug-likeness (QED) is 0.812. The van der Waals surface area contributed by atoms with E-state index in [1.807, 2.05) is 0 Å². The first-order valence-electron chi connectivity index (χ1n) is 7.48. The Hall–Kier alpha value is -0.0300. The molecule has 2 fully saturated rings. The maximum absolute atomic E-state index is 11.9. The molecule has 2 rings (SSSR count). The second kappa shape index (κ2) is 10.7. The van der Waals surface area contributed by atoms with Crippen LogP contribution >= 0.6 is 24.8 Å². The van der Waals surface area contributed by atoms with Gasteiger partial charge in [0, 0.05) is 19.1 Å². The second-order valence-corrected chi connectivity index (χ2v) is 5.71. The molecule has 1 aliphatic heterocycles. The van der Waals surface area contributed by atoms with E-state index in [2.05, 4.69) is 22.6 Å². The molecule has 6 heteroatoms. The van der Waals surface area contributed by atoms with Crippen LogP contribution < -0.4 is 10.6 Å². The SMILES string of the molecule is CN(CCNC(=O)[C@@H]1CCCCN1)C1CCCC1.Cl.Cl. The van der Waals surface area contributed by atoms with E-state index < -0.39 is 0 Å². The van der Waals surface area contributed by atoms with Crippen LogP contribution in [0.25, 0.3) is 0 Å². The van der Waals surface area contributed by atoms with Gasteiger partial charge < -0.3 is 15.5 Å². The van der Waals surface area contributed by atoms with Crippen LogP contribution in [-0.4, -0.2) is 49.6 Å². The van der Waals surface area contributed by atoms with E-state index in [-0.39, 0.29) is 36.8 Å². The van der Waals surface area contributed by atoms with E-state index >= 15 is 0 Å². The molecule has 120 valence electrons. The molecule has 1 atom stereocenters. The fourth-order valence-electron chi connectivity index (χ4n) is 3.08. The predicted octanol–water partition coefficient (Wildman–Crippen LogP) is 1.96. The number of carbonyl (C=O) groups excluding carboxylic acids is 1. The Morgan fingerprint density at radius 2 is 1.80 bits per heavy atom. The van der Waals surface area contributed by atoms with Crippen LogP contribution in [0.4, 0.5) is 0 Å². The molecule has 0 aromatic rings. The summed E-state index contributed by atoms with van der Waals surface area (Å²) in [6.45, 7) is 2.74. The average molecular weight is 326 g/mol. The number of rotatable bonds is 5. The first kappa shape index (κ1) is 20.0. The molecule has 2 N–H and O–H groups in total. The molecule has 0 bridgehead atoms. The molecule has 0 unspecified atom stereocenters. The molecule has 0 radical (unpaired) electrons. The van der Waals surface area contributed by atoms with Crippen molar-refractivity contribution in [3.05, 3.63) is 0 Å². The zero-order valence-electron chi connectivity index (χ0n) is 12.4. The van der Waals surface area contributed by atoms with Crippen molar-refractivity contribution in [2.75, 3.05) is 26.7 Å². The van der Waals surface area contributed by atoms with Gasteiger partial charge in [0.25, 0.3) is 0 Å². The van der Waals surface area contributed by atoms with E-state index in [9.17, 15) is 4.79 Å². The van der Waals surface area contributed by atoms with Crippen molar-refractivity contribution in [3.8, 4) is 0 Å². The van der Waals surface area contributed by atoms with Crippen LogP contribution in [0.5, 0.6) is 0 Å². The third-order valence-electron chi connectivity index (χ3n) is 4.34. The molecule has 1 amide bonds. The monoisotopic (exact) mass is 325 g/mol. The highest BCUT2D eigenvalue weighted by molar-refractivity contribution is 5.85. The number of hydrogen-bond acceptors (Lipinski definition) is 3. The van der Waals surface area contributed by atoms with Crippen molar-refractivity contribution < 1.29 is 4.79 Å². The lowest BCUT2D eigenvalue weighted by molar-refractivity contribution is -0.123. The van der Waals surface area contributed by atoms with E-state index in [1.165, 1.54) is 38.5 Å². The second-order valence-electron chi connectivity index (χ2n) is 5.71. The lowest BCUT2D eigenvalue weighted by Crippen LogP contribution is -2.48. The number of nitrogens with one attached hydrogen (secondary N) is 2. The van der Waals surface area contributed by atoms with Gasteiger partial charge >= 0.3 is 0 Å². The van der Waals surface area contributed by atoms with Gasteiger partial charge in [0.15, 0.2) is 0 Å². The van der Waals surface area contributed by atoms with Gasteiger partial charge in [-0.2, -0.15) is 0 Å². The third kappa shape index (κ3) is 6.17. The average Bonchev–Trinajstić information content (AvgIpc) is 2.93. The van der Waals surface area contributed by atoms with E-state index in [1.54, 1.807) is 0 Å². The number of amides is 1. The Kier molecular flexibility index (Phi) is 10.6. The molecular weight excluding hydrogens is 297 g/mol. The zero-order valence-corrected chi connectivity index (χ0v) is 14.0. The number of nitrogens with zero attached hydrogens (tertiary/aromatic N) is 1. The first-order chi connectivity index (χ1) is 8.77. The smallest absolute Gasteiger partial charge is 0.237 e. The summed E-state index contributed by atoms with van der Waals surface area (Å²) in [7, 11) is 2.18. The molecule has 0 spiro atoms. The normalized spacial score (nSPS) is 23.0. The van der Waals surface area contributed by atoms with Crippen LogP contribution in [0.3, 0.4) is 0 Å². The van der Waals surface area contributed by atoms with Crippen LogP contribution in [0.2, 0.25) is 0 Å². The summed E-state index contributed by atoms with van der Waals surface area (Å²) in [5, 5.41) is 6.35. The highest BCUT2D eigenvalue weighted by Gasteiger charge is 2.21. The lowest BCUT2D eigenvalue weighted by Gasteiger charge is -2.26. The summed E-state index contributed by atoms with van der Waals surface area (Å²) in [6, 6.07) is 0.797. The highest BCUT2D eigenvalue weighted by Crippen LogP contribution is 2.21. The van der Waals surface area contributed by atoms with Crippen LogP contribution in [0, 0.1) is 0 Å². The standard InChI is InChI=1S/C14H27N3O.2ClH/c1-17(12-6-2-3-7-12)11-10-16-14(18)13-8-4-5-9-15-13;;/h12-13,15H,2-11H2,1H3,(H,16,18);2*1H/t13-;;/m0../s1. The maximum Gasteiger partial charge on any atom is 0.237 e. The molecule has 20 heavy (non-hydrogen) atoms. The van der Waals surface area contributed by atoms with Gasteiger partial charge in [-0.3, -0.25) is 4.79 Å². The van der Waals surface area contributed by atoms with Crippen molar-refractivity contribution in [1.82, 2.24) is 15.5 Å². The van der Waals surface area contributed by atoms with Gasteiger partial charge in [0.2, 0.25) is 5.91 Å². The molecule has 1 heterocycles. The van der Waals surface area contributed by atoms with Crippen LogP contribution in [0.15, 0.2) is 0 Å². The van der Waals surface area contributed by atoms with Crippen molar-refractivity contribution >= 4 is 30.7 Å². The summed E-state index contributed by atoms with van der Waals surface area (Å²) >= 11 is 0. The lowest BCUT2D eigenvalue weighted by atomic mass is 10.0. The Labute approximate surface area is 135 Å². The van der Waals surface area contributed by atoms with Gasteiger partial charge in [-0.25, -0.2) is 0 Å². The topological polar surface area (TPSA) is 44.4 Å². The van der Waals surface area contributed by atoms with Gasteiger partial charge in [0.1, 0.15) is 0 Å². The largest absolute Gasteiger partial charge is 0.353 e. The number of hydrogen-bond donors (Lipinski definition) is 2. The number of halogens is 2. The fourth-order valence-corrected chi connectivity index (χ4v) is 3.08. The van der Waals surface area contributed by atoms with Crippen molar-refractivity contribution in [3.63, 3.8) is 0 Å². The minimum absolute atomic E-state index is 0. The van der Waals surface area contributed by atoms with Gasteiger partial charge in [-0.1, -0.05) is 19.3 Å². The summed E-state index contributed by atoms with van der Waals surface area (Å²) in [4.78, 5) is 14.3. The minimum Gasteiger partial charge on any atom is -0.353 e. The van der Waals surface area contributed by atoms with Crippen molar-refractivity contribution in [2.45, 2.75) is 57.0 Å². The fraction of sp³-hybridized carbons (Fsp3) is 0.929. The molecule has 4 nitrogen and oxygen atoms in total. The van der Waals surface area contributed by atoms with E-state index in [0.29, 0.717) is 0 Å². The molecule has 0 aromatic heterocycles. The molecule has 2 aliphatic rings. The molecule has 1 saturated carbocycles.